The zero-order valence-corrected chi connectivity index (χ0v) is 29.9. The summed E-state index contributed by atoms with van der Waals surface area (Å²) in [6.45, 7) is 1.46. The van der Waals surface area contributed by atoms with Gasteiger partial charge in [0.2, 0.25) is 23.0 Å². The number of carbonyl (C=O) groups is 2. The maximum absolute atomic E-state index is 14.0. The minimum absolute atomic E-state index is 0.200. The number of aryl methyl sites for hydroxylation is 2. The van der Waals surface area contributed by atoms with Gasteiger partial charge in [0.05, 0.1) is 53.3 Å². The summed E-state index contributed by atoms with van der Waals surface area (Å²) >= 11 is 1.63. The fourth-order valence-corrected chi connectivity index (χ4v) is 7.35. The van der Waals surface area contributed by atoms with E-state index in [0.29, 0.717) is 64.9 Å². The lowest BCUT2D eigenvalue weighted by Gasteiger charge is -2.22. The zero-order chi connectivity index (χ0) is 35.2. The van der Waals surface area contributed by atoms with E-state index < -0.39 is 12.1 Å². The molecule has 3 aromatic carbocycles. The van der Waals surface area contributed by atoms with E-state index in [1.54, 1.807) is 59.4 Å². The number of methoxy groups -OCH3 is 5. The highest BCUT2D eigenvalue weighted by Gasteiger charge is 2.31. The summed E-state index contributed by atoms with van der Waals surface area (Å²) < 4.78 is 28.2. The van der Waals surface area contributed by atoms with Crippen LogP contribution in [0.25, 0.3) is 11.1 Å². The number of rotatable bonds is 13. The molecule has 0 aromatic heterocycles. The third kappa shape index (κ3) is 7.39. The molecular weight excluding hydrogens is 646 g/mol. The lowest BCUT2D eigenvalue weighted by Crippen LogP contribution is -2.42. The molecule has 2 aliphatic rings. The molecule has 11 nitrogen and oxygen atoms in total. The van der Waals surface area contributed by atoms with Gasteiger partial charge in [-0.05, 0) is 102 Å². The van der Waals surface area contributed by atoms with Crippen LogP contribution in [-0.2, 0) is 22.4 Å². The zero-order valence-electron chi connectivity index (χ0n) is 29.1. The standard InChI is InChI=1S/C37H45N3O8S/c1-20(41)38-27-12-9-22-17-33(46-4)35(47-5)36(48-6)34(22)23-10-13-28(30(42)18-25(23)27)39-29(14-15-49-7)37(43)40-26-11-8-21-16-31(44-2)32(45-3)19-24(21)26/h10,13,16-19,26-27,29H,8-9,11-12,14-15H2,1-7H3,(H,38,41)(H,39,42)(H,40,43). The largest absolute Gasteiger partial charge is 0.493 e. The normalized spacial score (nSPS) is 16.6. The molecule has 0 bridgehead atoms. The van der Waals surface area contributed by atoms with E-state index in [1.807, 2.05) is 30.5 Å². The van der Waals surface area contributed by atoms with Gasteiger partial charge in [-0.1, -0.05) is 6.07 Å². The first kappa shape index (κ1) is 35.7. The Balaban J connectivity index is 1.54. The average molecular weight is 692 g/mol. The first-order valence-corrected chi connectivity index (χ1v) is 17.6. The summed E-state index contributed by atoms with van der Waals surface area (Å²) in [7, 11) is 7.88. The van der Waals surface area contributed by atoms with E-state index in [9.17, 15) is 14.4 Å². The molecule has 5 rings (SSSR count). The van der Waals surface area contributed by atoms with Gasteiger partial charge in [-0.3, -0.25) is 14.4 Å². The Kier molecular flexibility index (Phi) is 11.5. The highest BCUT2D eigenvalue weighted by Crippen LogP contribution is 2.50. The van der Waals surface area contributed by atoms with Crippen LogP contribution in [-0.4, -0.2) is 65.4 Å². The lowest BCUT2D eigenvalue weighted by atomic mass is 9.95. The van der Waals surface area contributed by atoms with Crippen LogP contribution in [0.3, 0.4) is 0 Å². The van der Waals surface area contributed by atoms with E-state index in [0.717, 1.165) is 35.1 Å². The number of hydrogen-bond donors (Lipinski definition) is 3. The van der Waals surface area contributed by atoms with Crippen LogP contribution in [0.5, 0.6) is 28.7 Å². The van der Waals surface area contributed by atoms with Crippen molar-refractivity contribution in [3.05, 3.63) is 68.9 Å². The van der Waals surface area contributed by atoms with Crippen molar-refractivity contribution in [3.8, 4) is 39.9 Å². The van der Waals surface area contributed by atoms with Crippen molar-refractivity contribution in [1.29, 1.82) is 0 Å². The van der Waals surface area contributed by atoms with E-state index in [-0.39, 0.29) is 29.0 Å². The molecular formula is C37H45N3O8S. The third-order valence-corrected chi connectivity index (χ3v) is 9.86. The molecule has 0 fully saturated rings. The molecule has 2 amide bonds. The van der Waals surface area contributed by atoms with Crippen LogP contribution >= 0.6 is 11.8 Å². The van der Waals surface area contributed by atoms with Crippen LogP contribution in [0, 0.1) is 0 Å². The van der Waals surface area contributed by atoms with Crippen LogP contribution in [0.1, 0.15) is 60.5 Å². The number of ether oxygens (including phenoxy) is 5. The number of hydrogen-bond acceptors (Lipinski definition) is 10. The number of fused-ring (bicyclic) bond motifs is 4. The van der Waals surface area contributed by atoms with Crippen molar-refractivity contribution in [2.45, 2.75) is 57.2 Å². The Labute approximate surface area is 291 Å². The molecule has 0 aliphatic heterocycles. The number of anilines is 1. The highest BCUT2D eigenvalue weighted by atomic mass is 32.2. The topological polar surface area (TPSA) is 133 Å². The molecule has 3 N–H and O–H groups in total. The minimum atomic E-state index is -0.677. The van der Waals surface area contributed by atoms with E-state index in [2.05, 4.69) is 16.0 Å². The monoisotopic (exact) mass is 691 g/mol. The molecule has 0 heterocycles. The maximum atomic E-state index is 14.0. The number of nitrogens with one attached hydrogen (secondary N) is 3. The third-order valence-electron chi connectivity index (χ3n) is 9.21. The summed E-state index contributed by atoms with van der Waals surface area (Å²) in [4.78, 5) is 40.2. The predicted octanol–water partition coefficient (Wildman–Crippen LogP) is 5.22. The average Bonchev–Trinajstić information content (AvgIpc) is 3.33. The molecule has 0 spiro atoms. The number of thioether (sulfide) groups is 1. The fraction of sp³-hybridized carbons (Fsp3) is 0.432. The molecule has 262 valence electrons. The summed E-state index contributed by atoms with van der Waals surface area (Å²) in [5.74, 6) is 2.99. The molecule has 0 saturated carbocycles. The second kappa shape index (κ2) is 15.8. The van der Waals surface area contributed by atoms with Gasteiger partial charge in [-0.2, -0.15) is 11.8 Å². The van der Waals surface area contributed by atoms with Gasteiger partial charge in [0, 0.05) is 12.5 Å². The van der Waals surface area contributed by atoms with Gasteiger partial charge in [0.15, 0.2) is 23.0 Å². The van der Waals surface area contributed by atoms with Crippen molar-refractivity contribution in [2.24, 2.45) is 0 Å². The molecule has 3 unspecified atom stereocenters. The summed E-state index contributed by atoms with van der Waals surface area (Å²) in [6, 6.07) is 9.60. The van der Waals surface area contributed by atoms with Crippen molar-refractivity contribution >= 4 is 29.3 Å². The second-order valence-electron chi connectivity index (χ2n) is 12.1. The van der Waals surface area contributed by atoms with E-state index in [1.165, 1.54) is 6.92 Å². The van der Waals surface area contributed by atoms with Crippen molar-refractivity contribution in [2.75, 3.05) is 52.9 Å². The van der Waals surface area contributed by atoms with Gasteiger partial charge in [0.1, 0.15) is 6.04 Å². The molecule has 2 aliphatic carbocycles. The SMILES string of the molecule is COc1cc2c(cc1OC)C(NC(=O)C(CCSC)Nc1ccc3c(cc1=O)C(NC(C)=O)CCc1cc(OC)c(OC)c(OC)c1-3)CC2. The summed E-state index contributed by atoms with van der Waals surface area (Å²) in [5, 5.41) is 9.54. The molecule has 3 aromatic rings. The van der Waals surface area contributed by atoms with E-state index >= 15 is 0 Å². The molecule has 49 heavy (non-hydrogen) atoms. The number of benzene rings is 2. The van der Waals surface area contributed by atoms with E-state index in [4.69, 9.17) is 23.7 Å². The highest BCUT2D eigenvalue weighted by molar-refractivity contribution is 7.98. The summed E-state index contributed by atoms with van der Waals surface area (Å²) in [5.41, 5.74) is 5.13. The van der Waals surface area contributed by atoms with Gasteiger partial charge < -0.3 is 39.6 Å². The Bertz CT molecular complexity index is 1780. The van der Waals surface area contributed by atoms with Crippen molar-refractivity contribution in [1.82, 2.24) is 10.6 Å². The Hall–Kier alpha value is -4.58. The first-order valence-electron chi connectivity index (χ1n) is 16.3. The fourth-order valence-electron chi connectivity index (χ4n) is 6.87. The maximum Gasteiger partial charge on any atom is 0.243 e. The minimum Gasteiger partial charge on any atom is -0.493 e. The van der Waals surface area contributed by atoms with Crippen molar-refractivity contribution < 1.29 is 33.3 Å². The molecule has 0 radical (unpaired) electrons. The summed E-state index contributed by atoms with van der Waals surface area (Å²) in [6.07, 6.45) is 5.16. The Morgan fingerprint density at radius 1 is 0.796 bits per heavy atom. The van der Waals surface area contributed by atoms with Crippen LogP contribution in [0.15, 0.2) is 41.2 Å². The van der Waals surface area contributed by atoms with Crippen LogP contribution in [0.2, 0.25) is 0 Å². The number of carbonyl (C=O) groups excluding carboxylic acids is 2. The Morgan fingerprint density at radius 3 is 2.06 bits per heavy atom. The molecule has 12 heteroatoms. The van der Waals surface area contributed by atoms with Crippen molar-refractivity contribution in [3.63, 3.8) is 0 Å². The Morgan fingerprint density at radius 2 is 1.43 bits per heavy atom. The smallest absolute Gasteiger partial charge is 0.243 e. The lowest BCUT2D eigenvalue weighted by molar-refractivity contribution is -0.122. The van der Waals surface area contributed by atoms with Gasteiger partial charge in [-0.25, -0.2) is 0 Å². The van der Waals surface area contributed by atoms with Gasteiger partial charge in [-0.15, -0.1) is 0 Å². The van der Waals surface area contributed by atoms with Crippen LogP contribution in [0.4, 0.5) is 5.69 Å². The predicted molar refractivity (Wildman–Crippen MR) is 192 cm³/mol. The molecule has 0 saturated heterocycles. The quantitative estimate of drug-likeness (QED) is 0.219. The van der Waals surface area contributed by atoms with Gasteiger partial charge >= 0.3 is 0 Å². The van der Waals surface area contributed by atoms with Crippen LogP contribution < -0.4 is 45.1 Å². The first-order chi connectivity index (χ1) is 23.7. The second-order valence-corrected chi connectivity index (χ2v) is 13.1. The van der Waals surface area contributed by atoms with Gasteiger partial charge in [0.25, 0.3) is 0 Å². The number of amides is 2. The molecule has 3 atom stereocenters.